The summed E-state index contributed by atoms with van der Waals surface area (Å²) in [7, 11) is 1.23. The van der Waals surface area contributed by atoms with Crippen molar-refractivity contribution in [3.63, 3.8) is 0 Å². The molecule has 0 aromatic heterocycles. The molecule has 41 heavy (non-hydrogen) atoms. The van der Waals surface area contributed by atoms with Crippen LogP contribution in [-0.2, 0) is 15.7 Å². The van der Waals surface area contributed by atoms with Gasteiger partial charge in [0.1, 0.15) is 11.6 Å². The van der Waals surface area contributed by atoms with Crippen LogP contribution in [0.3, 0.4) is 0 Å². The summed E-state index contributed by atoms with van der Waals surface area (Å²) >= 11 is 1.83. The Morgan fingerprint density at radius 3 is 2.37 bits per heavy atom. The zero-order chi connectivity index (χ0) is 30.3. The van der Waals surface area contributed by atoms with E-state index >= 15 is 0 Å². The van der Waals surface area contributed by atoms with E-state index < -0.39 is 40.0 Å². The van der Waals surface area contributed by atoms with Gasteiger partial charge in [-0.15, -0.1) is 0 Å². The zero-order valence-electron chi connectivity index (χ0n) is 21.2. The van der Waals surface area contributed by atoms with Gasteiger partial charge in [0.05, 0.1) is 33.3 Å². The van der Waals surface area contributed by atoms with Crippen molar-refractivity contribution in [2.24, 2.45) is 0 Å². The highest BCUT2D eigenvalue weighted by atomic mass is 127. The summed E-state index contributed by atoms with van der Waals surface area (Å²) in [5.41, 5.74) is -1.48. The minimum Gasteiger partial charge on any atom is -0.490 e. The average Bonchev–Trinajstić information content (AvgIpc) is 2.93. The van der Waals surface area contributed by atoms with Crippen LogP contribution in [-0.4, -0.2) is 30.5 Å². The van der Waals surface area contributed by atoms with E-state index in [0.717, 1.165) is 6.07 Å². The van der Waals surface area contributed by atoms with E-state index in [-0.39, 0.29) is 29.2 Å². The Labute approximate surface area is 244 Å². The summed E-state index contributed by atoms with van der Waals surface area (Å²) < 4.78 is 55.4. The first-order valence-electron chi connectivity index (χ1n) is 11.5. The third-order valence-corrected chi connectivity index (χ3v) is 6.07. The molecule has 0 atom stereocenters. The lowest BCUT2D eigenvalue weighted by Gasteiger charge is -2.15. The number of carbonyl (C=O) groups is 2. The maximum atomic E-state index is 13.1. The SMILES string of the molecule is CCOc1cc(/C=C(\C#N)C(=O)Nc2ccc(C(=O)OC)cc2)cc(I)c1Oc1ccc(C(F)(F)F)cc1[N+](=O)[O-]. The van der Waals surface area contributed by atoms with Gasteiger partial charge in [-0.3, -0.25) is 14.9 Å². The number of hydrogen-bond donors (Lipinski definition) is 1. The van der Waals surface area contributed by atoms with Crippen LogP contribution in [0, 0.1) is 25.0 Å². The predicted molar refractivity (Wildman–Crippen MR) is 149 cm³/mol. The summed E-state index contributed by atoms with van der Waals surface area (Å²) in [6, 6.07) is 12.4. The largest absolute Gasteiger partial charge is 0.490 e. The molecule has 10 nitrogen and oxygen atoms in total. The molecule has 0 radical (unpaired) electrons. The molecule has 3 rings (SSSR count). The van der Waals surface area contributed by atoms with Crippen LogP contribution in [0.2, 0.25) is 0 Å². The number of halogens is 4. The molecule has 0 heterocycles. The molecular formula is C27H19F3IN3O7. The summed E-state index contributed by atoms with van der Waals surface area (Å²) in [5, 5.41) is 23.6. The Morgan fingerprint density at radius 2 is 1.80 bits per heavy atom. The zero-order valence-corrected chi connectivity index (χ0v) is 23.4. The molecule has 0 aliphatic heterocycles. The molecule has 3 aromatic rings. The van der Waals surface area contributed by atoms with Gasteiger partial charge < -0.3 is 19.5 Å². The van der Waals surface area contributed by atoms with Gasteiger partial charge in [-0.2, -0.15) is 18.4 Å². The normalized spacial score (nSPS) is 11.3. The number of nitro benzene ring substituents is 1. The second-order valence-corrected chi connectivity index (χ2v) is 9.16. The van der Waals surface area contributed by atoms with E-state index in [4.69, 9.17) is 9.47 Å². The predicted octanol–water partition coefficient (Wildman–Crippen LogP) is 6.74. The van der Waals surface area contributed by atoms with Gasteiger partial charge in [0.15, 0.2) is 11.5 Å². The van der Waals surface area contributed by atoms with Gasteiger partial charge in [0.2, 0.25) is 5.75 Å². The van der Waals surface area contributed by atoms with Crippen LogP contribution in [0.1, 0.15) is 28.4 Å². The second kappa shape index (κ2) is 13.1. The summed E-state index contributed by atoms with van der Waals surface area (Å²) in [6.07, 6.45) is -3.52. The summed E-state index contributed by atoms with van der Waals surface area (Å²) in [6.45, 7) is 1.78. The van der Waals surface area contributed by atoms with Crippen molar-refractivity contribution in [1.29, 1.82) is 5.26 Å². The van der Waals surface area contributed by atoms with Crippen molar-refractivity contribution < 1.29 is 41.9 Å². The third-order valence-electron chi connectivity index (χ3n) is 5.27. The van der Waals surface area contributed by atoms with Gasteiger partial charge in [-0.1, -0.05) is 0 Å². The Hall–Kier alpha value is -4.65. The Kier molecular flexibility index (Phi) is 9.90. The topological polar surface area (TPSA) is 141 Å². The van der Waals surface area contributed by atoms with Crippen molar-refractivity contribution in [2.75, 3.05) is 19.0 Å². The third kappa shape index (κ3) is 7.72. The lowest BCUT2D eigenvalue weighted by Crippen LogP contribution is -2.13. The number of nitrogens with zero attached hydrogens (tertiary/aromatic N) is 2. The molecule has 0 bridgehead atoms. The smallest absolute Gasteiger partial charge is 0.416 e. The number of alkyl halides is 3. The van der Waals surface area contributed by atoms with Crippen molar-refractivity contribution in [3.05, 3.63) is 90.5 Å². The number of esters is 1. The van der Waals surface area contributed by atoms with Crippen molar-refractivity contribution in [3.8, 4) is 23.3 Å². The monoisotopic (exact) mass is 681 g/mol. The van der Waals surface area contributed by atoms with Crippen LogP contribution in [0.5, 0.6) is 17.2 Å². The van der Waals surface area contributed by atoms with Gasteiger partial charge in [-0.25, -0.2) is 4.79 Å². The van der Waals surface area contributed by atoms with Crippen molar-refractivity contribution >= 4 is 51.9 Å². The quantitative estimate of drug-likeness (QED) is 0.0654. The lowest BCUT2D eigenvalue weighted by atomic mass is 10.1. The molecule has 1 N–H and O–H groups in total. The number of anilines is 1. The number of nitrogens with one attached hydrogen (secondary N) is 1. The highest BCUT2D eigenvalue weighted by Crippen LogP contribution is 2.42. The van der Waals surface area contributed by atoms with Crippen LogP contribution in [0.4, 0.5) is 24.5 Å². The fourth-order valence-electron chi connectivity index (χ4n) is 3.39. The molecule has 0 unspecified atom stereocenters. The Bertz CT molecular complexity index is 1570. The highest BCUT2D eigenvalue weighted by Gasteiger charge is 2.33. The number of carbonyl (C=O) groups excluding carboxylic acids is 2. The number of amides is 1. The number of hydrogen-bond acceptors (Lipinski definition) is 8. The molecule has 0 aliphatic rings. The molecule has 1 amide bonds. The van der Waals surface area contributed by atoms with Crippen molar-refractivity contribution in [2.45, 2.75) is 13.1 Å². The van der Waals surface area contributed by atoms with E-state index in [1.165, 1.54) is 49.6 Å². The van der Waals surface area contributed by atoms with Crippen LogP contribution in [0.25, 0.3) is 6.08 Å². The van der Waals surface area contributed by atoms with E-state index in [1.54, 1.807) is 13.0 Å². The van der Waals surface area contributed by atoms with Crippen LogP contribution in [0.15, 0.2) is 60.2 Å². The summed E-state index contributed by atoms with van der Waals surface area (Å²) in [4.78, 5) is 34.8. The number of ether oxygens (including phenoxy) is 3. The molecule has 3 aromatic carbocycles. The molecule has 0 saturated carbocycles. The first-order valence-corrected chi connectivity index (χ1v) is 12.6. The van der Waals surface area contributed by atoms with E-state index in [0.29, 0.717) is 27.0 Å². The number of nitro groups is 1. The first-order chi connectivity index (χ1) is 19.4. The molecule has 14 heteroatoms. The minimum atomic E-state index is -4.79. The number of rotatable bonds is 9. The molecule has 0 aliphatic carbocycles. The average molecular weight is 681 g/mol. The summed E-state index contributed by atoms with van der Waals surface area (Å²) in [5.74, 6) is -1.69. The standard InChI is InChI=1S/C27H19F3IN3O7/c1-3-40-23-12-15(10-17(14-32)25(35)33-19-7-4-16(5-8-19)26(36)39-2)11-20(31)24(23)41-22-9-6-18(27(28,29)30)13-21(22)34(37)38/h4-13H,3H2,1-2H3,(H,33,35)/b17-10+. The van der Waals surface area contributed by atoms with E-state index in [9.17, 15) is 38.1 Å². The molecule has 0 fully saturated rings. The Morgan fingerprint density at radius 1 is 1.12 bits per heavy atom. The molecule has 0 saturated heterocycles. The van der Waals surface area contributed by atoms with Crippen LogP contribution >= 0.6 is 22.6 Å². The second-order valence-electron chi connectivity index (χ2n) is 8.00. The maximum absolute atomic E-state index is 13.1. The molecule has 212 valence electrons. The number of benzene rings is 3. The molecule has 0 spiro atoms. The van der Waals surface area contributed by atoms with Gasteiger partial charge in [0, 0.05) is 11.8 Å². The number of methoxy groups -OCH3 is 1. The lowest BCUT2D eigenvalue weighted by molar-refractivity contribution is -0.385. The highest BCUT2D eigenvalue weighted by molar-refractivity contribution is 14.1. The van der Waals surface area contributed by atoms with E-state index in [2.05, 4.69) is 10.1 Å². The number of nitriles is 1. The van der Waals surface area contributed by atoms with Crippen LogP contribution < -0.4 is 14.8 Å². The van der Waals surface area contributed by atoms with Gasteiger partial charge in [-0.05, 0) is 89.7 Å². The first kappa shape index (κ1) is 30.9. The van der Waals surface area contributed by atoms with Gasteiger partial charge in [0.25, 0.3) is 5.91 Å². The van der Waals surface area contributed by atoms with E-state index in [1.807, 2.05) is 22.6 Å². The molecular weight excluding hydrogens is 662 g/mol. The maximum Gasteiger partial charge on any atom is 0.416 e. The minimum absolute atomic E-state index is 0.0129. The fraction of sp³-hybridized carbons (Fsp3) is 0.148. The van der Waals surface area contributed by atoms with Gasteiger partial charge >= 0.3 is 17.8 Å². The Balaban J connectivity index is 1.93. The fourth-order valence-corrected chi connectivity index (χ4v) is 4.12. The van der Waals surface area contributed by atoms with Crippen molar-refractivity contribution in [1.82, 2.24) is 0 Å².